The third kappa shape index (κ3) is 39.1. The molecule has 2 aliphatic heterocycles. The van der Waals surface area contributed by atoms with Crippen LogP contribution in [0.2, 0.25) is 0 Å². The van der Waals surface area contributed by atoms with Crippen molar-refractivity contribution in [2.75, 3.05) is 56.5 Å². The topological polar surface area (TPSA) is 332 Å². The predicted octanol–water partition coefficient (Wildman–Crippen LogP) is 9.04. The van der Waals surface area contributed by atoms with Crippen LogP contribution in [0, 0.1) is 11.8 Å². The molecular formula is C77H119N11O12S3. The number of amides is 11. The fraction of sp³-hybridized carbons (Fsp3) is 0.636. The van der Waals surface area contributed by atoms with Crippen molar-refractivity contribution < 1.29 is 57.8 Å². The summed E-state index contributed by atoms with van der Waals surface area (Å²) in [7, 11) is 3.27. The second kappa shape index (κ2) is 50.4. The fourth-order valence-corrected chi connectivity index (χ4v) is 15.6. The standard InChI is InChI=1S/C77H119N11O12S3/c1-55(2)49-61(84-72(95)59(50-56-29-13-6-14-30-56)53-64(89)60(51-57-31-15-7-16-32-57)87-76(99)100-77(3,4)5)74(97)85-62(52-58-33-17-8-18-34-58)73(96)83-45-28-12-27-44-80-68(92)38-20-10-25-42-78-66(90)36-19-9-24-41-79-67(91)37-21-11-26-43-81-70(94)40-47-102-103-48-46-82-69(93)39-23-22-35-65-71-63(54-101-65)86-75(98)88-71/h6-8,13-18,29-34,55,59-65,71,89H,9-12,19-28,35-54H2,1-5H3,(H,78,90)(H,79,91)(H,80,92)(H,81,94)(H,82,93)(H,83,96)(H,84,95)(H,85,97)(H,87,99)(H2,86,88,98)/t59-,60-,61-,62-,63-,64+,65-,71-/m0/s1. The van der Waals surface area contributed by atoms with E-state index in [2.05, 4.69) is 58.5 Å². The Morgan fingerprint density at radius 1 is 0.495 bits per heavy atom. The summed E-state index contributed by atoms with van der Waals surface area (Å²) < 4.78 is 5.57. The zero-order valence-corrected chi connectivity index (χ0v) is 64.0. The lowest BCUT2D eigenvalue weighted by molar-refractivity contribution is -0.134. The van der Waals surface area contributed by atoms with Crippen LogP contribution in [0.5, 0.6) is 0 Å². The summed E-state index contributed by atoms with van der Waals surface area (Å²) in [5, 5.41) is 45.0. The van der Waals surface area contributed by atoms with Crippen molar-refractivity contribution in [3.05, 3.63) is 108 Å². The van der Waals surface area contributed by atoms with Gasteiger partial charge in [-0.3, -0.25) is 38.4 Å². The Bertz CT molecular complexity index is 3010. The summed E-state index contributed by atoms with van der Waals surface area (Å²) >= 11 is 1.89. The van der Waals surface area contributed by atoms with Gasteiger partial charge in [0.25, 0.3) is 0 Å². The highest BCUT2D eigenvalue weighted by Gasteiger charge is 2.42. The molecule has 0 saturated carbocycles. The number of fused-ring (bicyclic) bond motifs is 1. The normalized spacial score (nSPS) is 16.1. The molecule has 2 heterocycles. The number of benzene rings is 3. The highest BCUT2D eigenvalue weighted by molar-refractivity contribution is 8.76. The number of aliphatic hydroxyl groups is 1. The molecular weight excluding hydrogens is 1370 g/mol. The molecule has 2 fully saturated rings. The van der Waals surface area contributed by atoms with Crippen LogP contribution in [-0.2, 0) is 62.4 Å². The van der Waals surface area contributed by atoms with E-state index in [1.54, 1.807) is 42.4 Å². The number of alkyl carbamates (subject to hydrolysis) is 1. The molecule has 0 aliphatic carbocycles. The van der Waals surface area contributed by atoms with Crippen LogP contribution >= 0.6 is 33.3 Å². The van der Waals surface area contributed by atoms with Crippen molar-refractivity contribution in [1.29, 1.82) is 0 Å². The number of aliphatic hydroxyl groups excluding tert-OH is 1. The first-order chi connectivity index (χ1) is 49.6. The maximum absolute atomic E-state index is 14.6. The first-order valence-corrected chi connectivity index (χ1v) is 41.1. The van der Waals surface area contributed by atoms with Gasteiger partial charge < -0.3 is 68.3 Å². The van der Waals surface area contributed by atoms with Gasteiger partial charge in [-0.2, -0.15) is 11.8 Å². The quantitative estimate of drug-likeness (QED) is 0.0142. The van der Waals surface area contributed by atoms with Gasteiger partial charge in [-0.25, -0.2) is 9.59 Å². The molecule has 8 atom stereocenters. The van der Waals surface area contributed by atoms with E-state index in [1.165, 1.54) is 0 Å². The van der Waals surface area contributed by atoms with Gasteiger partial charge in [0.1, 0.15) is 17.7 Å². The van der Waals surface area contributed by atoms with Gasteiger partial charge >= 0.3 is 12.1 Å². The number of carbonyl (C=O) groups excluding carboxylic acids is 10. The molecule has 2 aliphatic rings. The second-order valence-electron chi connectivity index (χ2n) is 28.4. The molecule has 2 saturated heterocycles. The van der Waals surface area contributed by atoms with E-state index in [0.717, 1.165) is 105 Å². The van der Waals surface area contributed by atoms with Crippen LogP contribution in [0.25, 0.3) is 0 Å². The van der Waals surface area contributed by atoms with Crippen molar-refractivity contribution >= 4 is 92.7 Å². The van der Waals surface area contributed by atoms with Gasteiger partial charge in [0.05, 0.1) is 24.2 Å². The van der Waals surface area contributed by atoms with Crippen molar-refractivity contribution in [3.63, 3.8) is 0 Å². The Hall–Kier alpha value is -7.03. The molecule has 26 heteroatoms. The maximum Gasteiger partial charge on any atom is 0.407 e. The smallest absolute Gasteiger partial charge is 0.407 e. The van der Waals surface area contributed by atoms with Crippen molar-refractivity contribution in [2.45, 2.75) is 242 Å². The average Bonchev–Trinajstić information content (AvgIpc) is 1.63. The van der Waals surface area contributed by atoms with Crippen LogP contribution < -0.4 is 58.5 Å². The second-order valence-corrected chi connectivity index (χ2v) is 32.3. The monoisotopic (exact) mass is 1490 g/mol. The number of ether oxygens (including phenoxy) is 1. The van der Waals surface area contributed by atoms with Crippen LogP contribution in [-0.4, -0.2) is 168 Å². The van der Waals surface area contributed by atoms with E-state index < -0.39 is 53.7 Å². The number of carbonyl (C=O) groups is 10. The summed E-state index contributed by atoms with van der Waals surface area (Å²) in [5.41, 5.74) is 1.77. The minimum atomic E-state index is -1.19. The number of urea groups is 1. The number of hydrogen-bond donors (Lipinski definition) is 12. The molecule has 0 aromatic heterocycles. The van der Waals surface area contributed by atoms with E-state index >= 15 is 0 Å². The van der Waals surface area contributed by atoms with E-state index in [1.807, 2.05) is 117 Å². The number of rotatable bonds is 53. The molecule has 12 N–H and O–H groups in total. The zero-order chi connectivity index (χ0) is 74.5. The lowest BCUT2D eigenvalue weighted by atomic mass is 9.88. The lowest BCUT2D eigenvalue weighted by Gasteiger charge is -2.30. The Balaban J connectivity index is 0.857. The number of nitrogens with one attached hydrogen (secondary N) is 11. The van der Waals surface area contributed by atoms with E-state index in [4.69, 9.17) is 4.74 Å². The molecule has 103 heavy (non-hydrogen) atoms. The van der Waals surface area contributed by atoms with Gasteiger partial charge in [-0.05, 0) is 140 Å². The van der Waals surface area contributed by atoms with Gasteiger partial charge in [0, 0.05) is 106 Å². The molecule has 0 radical (unpaired) electrons. The molecule has 0 spiro atoms. The van der Waals surface area contributed by atoms with Crippen molar-refractivity contribution in [1.82, 2.24) is 58.5 Å². The summed E-state index contributed by atoms with van der Waals surface area (Å²) in [6.45, 7) is 12.3. The van der Waals surface area contributed by atoms with Crippen LogP contribution in [0.15, 0.2) is 91.0 Å². The SMILES string of the molecule is CC(C)C[C@H](NC(=O)[C@@H](Cc1ccccc1)C[C@@H](O)[C@H](Cc1ccccc1)NC(=O)OC(C)(C)C)C(=O)N[C@@H](Cc1ccccc1)C(=O)NCCCCCNC(=O)CCCCCNC(=O)CCCCCNC(=O)CCCCCNC(=O)CCSSCCNC(=O)CCCC[C@@H]1SC[C@@H]2NC(=O)N[C@@H]21. The van der Waals surface area contributed by atoms with E-state index in [9.17, 15) is 53.1 Å². The molecule has 572 valence electrons. The number of unbranched alkanes of at least 4 members (excludes halogenated alkanes) is 9. The Morgan fingerprint density at radius 3 is 1.46 bits per heavy atom. The summed E-state index contributed by atoms with van der Waals surface area (Å²) in [6, 6.07) is 25.8. The highest BCUT2D eigenvalue weighted by Crippen LogP contribution is 2.33. The van der Waals surface area contributed by atoms with Gasteiger partial charge in [-0.1, -0.05) is 152 Å². The summed E-state index contributed by atoms with van der Waals surface area (Å²) in [5.74, 6) is 0.281. The summed E-state index contributed by atoms with van der Waals surface area (Å²) in [4.78, 5) is 129. The fourth-order valence-electron chi connectivity index (χ4n) is 12.2. The molecule has 5 rings (SSSR count). The van der Waals surface area contributed by atoms with Crippen LogP contribution in [0.3, 0.4) is 0 Å². The maximum atomic E-state index is 14.6. The van der Waals surface area contributed by atoms with Crippen molar-refractivity contribution in [2.24, 2.45) is 11.8 Å². The third-order valence-electron chi connectivity index (χ3n) is 17.7. The number of hydrogen-bond acceptors (Lipinski definition) is 15. The Labute approximate surface area is 623 Å². The average molecular weight is 1490 g/mol. The third-order valence-corrected chi connectivity index (χ3v) is 21.6. The largest absolute Gasteiger partial charge is 0.444 e. The highest BCUT2D eigenvalue weighted by atomic mass is 33.1. The minimum Gasteiger partial charge on any atom is -0.444 e. The van der Waals surface area contributed by atoms with Crippen molar-refractivity contribution in [3.8, 4) is 0 Å². The lowest BCUT2D eigenvalue weighted by Crippen LogP contribution is -2.56. The minimum absolute atomic E-state index is 0.00497. The van der Waals surface area contributed by atoms with E-state index in [0.29, 0.717) is 102 Å². The Kier molecular flexibility index (Phi) is 42.4. The first kappa shape index (κ1) is 86.6. The van der Waals surface area contributed by atoms with Gasteiger partial charge in [-0.15, -0.1) is 0 Å². The number of thioether (sulfide) groups is 1. The van der Waals surface area contributed by atoms with E-state index in [-0.39, 0.29) is 91.6 Å². The summed E-state index contributed by atoms with van der Waals surface area (Å²) in [6.07, 6.45) is 13.2. The zero-order valence-electron chi connectivity index (χ0n) is 61.6. The van der Waals surface area contributed by atoms with Gasteiger partial charge in [0.2, 0.25) is 47.3 Å². The molecule has 11 amide bonds. The first-order valence-electron chi connectivity index (χ1n) is 37.5. The molecule has 0 unspecified atom stereocenters. The Morgan fingerprint density at radius 2 is 0.942 bits per heavy atom. The van der Waals surface area contributed by atoms with Crippen LogP contribution in [0.4, 0.5) is 9.59 Å². The molecule has 3 aromatic rings. The van der Waals surface area contributed by atoms with Gasteiger partial charge in [0.15, 0.2) is 0 Å². The van der Waals surface area contributed by atoms with Crippen LogP contribution in [0.1, 0.15) is 193 Å². The molecule has 3 aromatic carbocycles. The molecule has 0 bridgehead atoms. The molecule has 23 nitrogen and oxygen atoms in total. The predicted molar refractivity (Wildman–Crippen MR) is 412 cm³/mol.